The average molecular weight is 513 g/mol. The van der Waals surface area contributed by atoms with Crippen LogP contribution in [-0.2, 0) is 19.2 Å². The maximum absolute atomic E-state index is 13.0. The molecule has 0 saturated carbocycles. The summed E-state index contributed by atoms with van der Waals surface area (Å²) in [6.45, 7) is 2.07. The van der Waals surface area contributed by atoms with Gasteiger partial charge in [-0.1, -0.05) is 47.0 Å². The molecule has 0 aromatic heterocycles. The summed E-state index contributed by atoms with van der Waals surface area (Å²) in [5.74, 6) is -2.52. The Morgan fingerprint density at radius 2 is 1.74 bits per heavy atom. The van der Waals surface area contributed by atoms with E-state index in [0.29, 0.717) is 29.2 Å². The largest absolute Gasteiger partial charge is 0.426 e. The monoisotopic (exact) mass is 512 g/mol. The Morgan fingerprint density at radius 3 is 2.54 bits per heavy atom. The van der Waals surface area contributed by atoms with E-state index in [1.807, 2.05) is 13.0 Å². The topological polar surface area (TPSA) is 84.0 Å². The standard InChI is InChI=1S/C26H22Cl2N2O5/c1-14-8-9-18-19(10-14)25(33)30(24(18)32)16-4-2-5-17(12-16)35-26(34)15-11-22(31)29(13-15)21-7-3-6-20(27)23(21)28/h2-8,12,15,18-19H,9-11,13H2,1H3/t15-,18-,19-/m0/s1. The van der Waals surface area contributed by atoms with Crippen LogP contribution < -0.4 is 14.5 Å². The molecular weight excluding hydrogens is 491 g/mol. The Kier molecular flexibility index (Phi) is 6.15. The van der Waals surface area contributed by atoms with Crippen LogP contribution in [0.4, 0.5) is 11.4 Å². The summed E-state index contributed by atoms with van der Waals surface area (Å²) in [7, 11) is 0. The molecule has 3 atom stereocenters. The van der Waals surface area contributed by atoms with Crippen molar-refractivity contribution in [2.24, 2.45) is 17.8 Å². The smallest absolute Gasteiger partial charge is 0.316 e. The molecule has 3 aliphatic rings. The van der Waals surface area contributed by atoms with Crippen molar-refractivity contribution < 1.29 is 23.9 Å². The number of benzene rings is 2. The molecular formula is C26H22Cl2N2O5. The van der Waals surface area contributed by atoms with Crippen molar-refractivity contribution in [2.45, 2.75) is 26.2 Å². The van der Waals surface area contributed by atoms with Gasteiger partial charge in [-0.15, -0.1) is 0 Å². The van der Waals surface area contributed by atoms with Crippen molar-refractivity contribution >= 4 is 58.3 Å². The molecule has 7 nitrogen and oxygen atoms in total. The minimum Gasteiger partial charge on any atom is -0.426 e. The Balaban J connectivity index is 1.30. The van der Waals surface area contributed by atoms with E-state index < -0.39 is 11.9 Å². The lowest BCUT2D eigenvalue weighted by Crippen LogP contribution is -2.31. The molecule has 180 valence electrons. The van der Waals surface area contributed by atoms with Crippen molar-refractivity contribution in [1.29, 1.82) is 0 Å². The number of carbonyl (C=O) groups excluding carboxylic acids is 4. The molecule has 0 bridgehead atoms. The molecule has 1 aliphatic carbocycles. The summed E-state index contributed by atoms with van der Waals surface area (Å²) in [6, 6.07) is 11.3. The summed E-state index contributed by atoms with van der Waals surface area (Å²) in [4.78, 5) is 54.0. The van der Waals surface area contributed by atoms with Crippen LogP contribution in [-0.4, -0.2) is 30.2 Å². The first-order valence-electron chi connectivity index (χ1n) is 11.3. The van der Waals surface area contributed by atoms with Crippen LogP contribution in [0.5, 0.6) is 5.75 Å². The van der Waals surface area contributed by atoms with Gasteiger partial charge in [-0.05, 0) is 44.0 Å². The Bertz CT molecular complexity index is 1290. The highest BCUT2D eigenvalue weighted by molar-refractivity contribution is 6.44. The molecule has 35 heavy (non-hydrogen) atoms. The molecule has 2 aromatic rings. The highest BCUT2D eigenvalue weighted by Crippen LogP contribution is 2.40. The van der Waals surface area contributed by atoms with Gasteiger partial charge in [0.15, 0.2) is 0 Å². The van der Waals surface area contributed by atoms with Crippen LogP contribution >= 0.6 is 23.2 Å². The third kappa shape index (κ3) is 4.23. The molecule has 9 heteroatoms. The molecule has 0 unspecified atom stereocenters. The first-order chi connectivity index (χ1) is 16.7. The zero-order valence-corrected chi connectivity index (χ0v) is 20.4. The Hall–Kier alpha value is -3.16. The molecule has 0 N–H and O–H groups in total. The van der Waals surface area contributed by atoms with Crippen LogP contribution in [0.25, 0.3) is 0 Å². The molecule has 5 rings (SSSR count). The van der Waals surface area contributed by atoms with Crippen LogP contribution in [0.1, 0.15) is 26.2 Å². The normalized spacial score (nSPS) is 24.0. The van der Waals surface area contributed by atoms with E-state index in [4.69, 9.17) is 27.9 Å². The van der Waals surface area contributed by atoms with Gasteiger partial charge < -0.3 is 9.64 Å². The number of amides is 3. The van der Waals surface area contributed by atoms with E-state index in [9.17, 15) is 19.2 Å². The SMILES string of the molecule is CC1=CC[C@@H]2C(=O)N(c3cccc(OC(=O)[C@H]4CC(=O)N(c5cccc(Cl)c5Cl)C4)c3)C(=O)[C@H]2C1. The number of imide groups is 1. The first kappa shape index (κ1) is 23.6. The van der Waals surface area contributed by atoms with Gasteiger partial charge in [0, 0.05) is 19.0 Å². The predicted octanol–water partition coefficient (Wildman–Crippen LogP) is 4.80. The van der Waals surface area contributed by atoms with Gasteiger partial charge in [-0.25, -0.2) is 4.90 Å². The second kappa shape index (κ2) is 9.13. The maximum atomic E-state index is 13.0. The van der Waals surface area contributed by atoms with Crippen LogP contribution in [0, 0.1) is 17.8 Å². The van der Waals surface area contributed by atoms with E-state index in [0.717, 1.165) is 5.57 Å². The maximum Gasteiger partial charge on any atom is 0.316 e. The number of rotatable bonds is 4. The summed E-state index contributed by atoms with van der Waals surface area (Å²) >= 11 is 12.3. The van der Waals surface area contributed by atoms with E-state index in [-0.39, 0.29) is 53.3 Å². The second-order valence-electron chi connectivity index (χ2n) is 9.11. The third-order valence-corrected chi connectivity index (χ3v) is 7.61. The quantitative estimate of drug-likeness (QED) is 0.254. The summed E-state index contributed by atoms with van der Waals surface area (Å²) in [5, 5.41) is 0.562. The summed E-state index contributed by atoms with van der Waals surface area (Å²) in [6.07, 6.45) is 3.11. The molecule has 2 aliphatic heterocycles. The molecule has 2 saturated heterocycles. The number of hydrogen-bond donors (Lipinski definition) is 0. The highest BCUT2D eigenvalue weighted by Gasteiger charge is 2.48. The zero-order valence-electron chi connectivity index (χ0n) is 18.9. The summed E-state index contributed by atoms with van der Waals surface area (Å²) in [5.41, 5.74) is 1.92. The van der Waals surface area contributed by atoms with E-state index >= 15 is 0 Å². The number of halogens is 2. The molecule has 0 radical (unpaired) electrons. The van der Waals surface area contributed by atoms with Crippen LogP contribution in [0.2, 0.25) is 10.0 Å². The lowest BCUT2D eigenvalue weighted by Gasteiger charge is -2.19. The number of allylic oxidation sites excluding steroid dienone is 2. The Labute approximate surface area is 212 Å². The van der Waals surface area contributed by atoms with Gasteiger partial charge in [0.1, 0.15) is 5.75 Å². The molecule has 2 heterocycles. The molecule has 0 spiro atoms. The number of fused-ring (bicyclic) bond motifs is 1. The number of hydrogen-bond acceptors (Lipinski definition) is 5. The molecule has 2 aromatic carbocycles. The van der Waals surface area contributed by atoms with Gasteiger partial charge in [0.05, 0.1) is 39.2 Å². The van der Waals surface area contributed by atoms with Crippen molar-refractivity contribution in [3.05, 3.63) is 64.2 Å². The van der Waals surface area contributed by atoms with Crippen molar-refractivity contribution in [3.8, 4) is 5.75 Å². The van der Waals surface area contributed by atoms with Crippen molar-refractivity contribution in [2.75, 3.05) is 16.3 Å². The lowest BCUT2D eigenvalue weighted by molar-refractivity contribution is -0.139. The first-order valence-corrected chi connectivity index (χ1v) is 12.1. The van der Waals surface area contributed by atoms with Crippen molar-refractivity contribution in [1.82, 2.24) is 0 Å². The molecule has 3 amide bonds. The van der Waals surface area contributed by atoms with Gasteiger partial charge in [-0.2, -0.15) is 0 Å². The fourth-order valence-corrected chi connectivity index (χ4v) is 5.37. The number of anilines is 2. The van der Waals surface area contributed by atoms with Crippen LogP contribution in [0.15, 0.2) is 54.1 Å². The fraction of sp³-hybridized carbons (Fsp3) is 0.308. The third-order valence-electron chi connectivity index (χ3n) is 6.80. The number of ether oxygens (including phenoxy) is 1. The predicted molar refractivity (Wildman–Crippen MR) is 131 cm³/mol. The van der Waals surface area contributed by atoms with E-state index in [1.165, 1.54) is 15.9 Å². The van der Waals surface area contributed by atoms with E-state index in [2.05, 4.69) is 0 Å². The van der Waals surface area contributed by atoms with Gasteiger partial charge in [0.2, 0.25) is 17.7 Å². The number of nitrogens with zero attached hydrogens (tertiary/aromatic N) is 2. The number of carbonyl (C=O) groups is 4. The summed E-state index contributed by atoms with van der Waals surface area (Å²) < 4.78 is 5.55. The Morgan fingerprint density at radius 1 is 1.00 bits per heavy atom. The van der Waals surface area contributed by atoms with Gasteiger partial charge in [0.25, 0.3) is 0 Å². The minimum atomic E-state index is -0.701. The fourth-order valence-electron chi connectivity index (χ4n) is 4.98. The second-order valence-corrected chi connectivity index (χ2v) is 9.90. The van der Waals surface area contributed by atoms with Crippen molar-refractivity contribution in [3.63, 3.8) is 0 Å². The van der Waals surface area contributed by atoms with Crippen LogP contribution in [0.3, 0.4) is 0 Å². The van der Waals surface area contributed by atoms with E-state index in [1.54, 1.807) is 36.4 Å². The lowest BCUT2D eigenvalue weighted by atomic mass is 9.82. The molecule has 2 fully saturated rings. The van der Waals surface area contributed by atoms with Gasteiger partial charge in [-0.3, -0.25) is 19.2 Å². The zero-order chi connectivity index (χ0) is 24.9. The average Bonchev–Trinajstić information content (AvgIpc) is 3.33. The highest BCUT2D eigenvalue weighted by atomic mass is 35.5. The van der Waals surface area contributed by atoms with Gasteiger partial charge >= 0.3 is 5.97 Å². The minimum absolute atomic E-state index is 0.0276. The number of esters is 1.